The number of carbonyl (C=O) groups excluding carboxylic acids is 2. The van der Waals surface area contributed by atoms with Crippen LogP contribution in [-0.4, -0.2) is 41.1 Å². The topological polar surface area (TPSA) is 83.6 Å². The zero-order chi connectivity index (χ0) is 17.6. The second-order valence-electron chi connectivity index (χ2n) is 6.60. The first-order valence-corrected chi connectivity index (χ1v) is 8.33. The maximum atomic E-state index is 12.4. The predicted octanol–water partition coefficient (Wildman–Crippen LogP) is 2.56. The largest absolute Gasteiger partial charge is 0.429 e. The summed E-state index contributed by atoms with van der Waals surface area (Å²) in [5.41, 5.74) is 4.79. The van der Waals surface area contributed by atoms with Crippen LogP contribution in [0.5, 0.6) is 0 Å². The number of pyridine rings is 1. The molecule has 1 aliphatic heterocycles. The monoisotopic (exact) mass is 334 g/mol. The molecule has 0 spiro atoms. The number of anilines is 1. The van der Waals surface area contributed by atoms with Crippen molar-refractivity contribution in [1.29, 1.82) is 0 Å². The van der Waals surface area contributed by atoms with Gasteiger partial charge in [0.25, 0.3) is 0 Å². The molecule has 2 heterocycles. The Kier molecular flexibility index (Phi) is 6.14. The molecule has 0 radical (unpaired) electrons. The first-order chi connectivity index (χ1) is 11.4. The van der Waals surface area contributed by atoms with Gasteiger partial charge in [0.05, 0.1) is 6.54 Å². The minimum atomic E-state index is -0.584. The van der Waals surface area contributed by atoms with Crippen LogP contribution in [0, 0.1) is 5.41 Å². The minimum Gasteiger partial charge on any atom is -0.429 e. The smallest absolute Gasteiger partial charge is 0.427 e. The van der Waals surface area contributed by atoms with E-state index in [-0.39, 0.29) is 17.4 Å². The third kappa shape index (κ3) is 4.92. The average molecular weight is 334 g/mol. The molecule has 0 aromatic carbocycles. The third-order valence-electron chi connectivity index (χ3n) is 4.49. The number of aromatic nitrogens is 1. The van der Waals surface area contributed by atoms with Crippen LogP contribution < -0.4 is 10.9 Å². The number of ketones is 1. The summed E-state index contributed by atoms with van der Waals surface area (Å²) in [7, 11) is 0. The first-order valence-electron chi connectivity index (χ1n) is 8.33. The molecule has 1 aliphatic rings. The van der Waals surface area contributed by atoms with Crippen molar-refractivity contribution >= 4 is 17.7 Å². The molecule has 7 nitrogen and oxygen atoms in total. The van der Waals surface area contributed by atoms with Crippen molar-refractivity contribution in [2.75, 3.05) is 18.5 Å². The van der Waals surface area contributed by atoms with Gasteiger partial charge >= 0.3 is 6.09 Å². The second-order valence-corrected chi connectivity index (χ2v) is 6.60. The highest BCUT2D eigenvalue weighted by Crippen LogP contribution is 2.24. The fourth-order valence-electron chi connectivity index (χ4n) is 2.41. The Bertz CT molecular complexity index is 562. The number of likely N-dealkylation sites (tertiary alicyclic amines) is 1. The SMILES string of the molecule is CCC(C)(C)C(=O)CN1CCCC1OC(=O)NNc1ccccn1. The number of carbonyl (C=O) groups is 2. The Morgan fingerprint density at radius 1 is 1.42 bits per heavy atom. The molecule has 2 N–H and O–H groups in total. The van der Waals surface area contributed by atoms with Gasteiger partial charge in [-0.3, -0.25) is 15.1 Å². The highest BCUT2D eigenvalue weighted by molar-refractivity contribution is 5.85. The van der Waals surface area contributed by atoms with Gasteiger partial charge in [0.2, 0.25) is 0 Å². The van der Waals surface area contributed by atoms with E-state index in [1.54, 1.807) is 18.3 Å². The van der Waals surface area contributed by atoms with Crippen molar-refractivity contribution in [3.8, 4) is 0 Å². The summed E-state index contributed by atoms with van der Waals surface area (Å²) in [5.74, 6) is 0.699. The van der Waals surface area contributed by atoms with Crippen molar-refractivity contribution in [2.24, 2.45) is 5.41 Å². The van der Waals surface area contributed by atoms with Gasteiger partial charge < -0.3 is 4.74 Å². The molecule has 2 rings (SSSR count). The minimum absolute atomic E-state index is 0.174. The van der Waals surface area contributed by atoms with E-state index in [2.05, 4.69) is 15.8 Å². The zero-order valence-electron chi connectivity index (χ0n) is 14.5. The summed E-state index contributed by atoms with van der Waals surface area (Å²) < 4.78 is 5.43. The number of ether oxygens (including phenoxy) is 1. The fourth-order valence-corrected chi connectivity index (χ4v) is 2.41. The Hall–Kier alpha value is -2.15. The lowest BCUT2D eigenvalue weighted by molar-refractivity contribution is -0.130. The number of Topliss-reactive ketones (excluding diaryl/α,β-unsaturated/α-hetero) is 1. The summed E-state index contributed by atoms with van der Waals surface area (Å²) in [4.78, 5) is 30.3. The molecule has 1 fully saturated rings. The van der Waals surface area contributed by atoms with Gasteiger partial charge in [0.1, 0.15) is 5.82 Å². The van der Waals surface area contributed by atoms with Gasteiger partial charge in [-0.15, -0.1) is 0 Å². The molecular formula is C17H26N4O3. The highest BCUT2D eigenvalue weighted by Gasteiger charge is 2.33. The van der Waals surface area contributed by atoms with Gasteiger partial charge in [-0.1, -0.05) is 26.8 Å². The van der Waals surface area contributed by atoms with Crippen LogP contribution in [0.1, 0.15) is 40.0 Å². The lowest BCUT2D eigenvalue weighted by atomic mass is 9.85. The summed E-state index contributed by atoms with van der Waals surface area (Å²) in [6.07, 6.45) is 3.10. The standard InChI is InChI=1S/C17H26N4O3/c1-4-17(2,3)13(22)12-21-11-7-9-15(21)24-16(23)20-19-14-8-5-6-10-18-14/h5-6,8,10,15H,4,7,9,11-12H2,1-3H3,(H,18,19)(H,20,23). The lowest BCUT2D eigenvalue weighted by Crippen LogP contribution is -2.43. The van der Waals surface area contributed by atoms with Crippen molar-refractivity contribution < 1.29 is 14.3 Å². The number of hydrogen-bond acceptors (Lipinski definition) is 6. The number of rotatable bonds is 7. The second kappa shape index (κ2) is 8.10. The molecule has 0 aliphatic carbocycles. The van der Waals surface area contributed by atoms with E-state index in [0.29, 0.717) is 12.4 Å². The highest BCUT2D eigenvalue weighted by atomic mass is 16.6. The molecule has 7 heteroatoms. The predicted molar refractivity (Wildman–Crippen MR) is 91.2 cm³/mol. The molecule has 0 bridgehead atoms. The number of amides is 1. The maximum absolute atomic E-state index is 12.4. The van der Waals surface area contributed by atoms with Crippen molar-refractivity contribution in [3.63, 3.8) is 0 Å². The van der Waals surface area contributed by atoms with E-state index < -0.39 is 6.09 Å². The maximum Gasteiger partial charge on any atom is 0.427 e. The van der Waals surface area contributed by atoms with Gasteiger partial charge in [-0.2, -0.15) is 0 Å². The quantitative estimate of drug-likeness (QED) is 0.746. The Morgan fingerprint density at radius 2 is 2.21 bits per heavy atom. The summed E-state index contributed by atoms with van der Waals surface area (Å²) >= 11 is 0. The number of hydrogen-bond donors (Lipinski definition) is 2. The van der Waals surface area contributed by atoms with Crippen molar-refractivity contribution in [1.82, 2.24) is 15.3 Å². The zero-order valence-corrected chi connectivity index (χ0v) is 14.5. The van der Waals surface area contributed by atoms with E-state index in [0.717, 1.165) is 25.8 Å². The molecule has 132 valence electrons. The summed E-state index contributed by atoms with van der Waals surface area (Å²) in [6, 6.07) is 5.32. The molecule has 1 aromatic heterocycles. The Labute approximate surface area is 142 Å². The van der Waals surface area contributed by atoms with Gasteiger partial charge in [0.15, 0.2) is 12.0 Å². The van der Waals surface area contributed by atoms with Crippen molar-refractivity contribution in [2.45, 2.75) is 46.3 Å². The molecular weight excluding hydrogens is 308 g/mol. The lowest BCUT2D eigenvalue weighted by Gasteiger charge is -2.28. The van der Waals surface area contributed by atoms with Gasteiger partial charge in [0, 0.05) is 18.2 Å². The Balaban J connectivity index is 1.82. The summed E-state index contributed by atoms with van der Waals surface area (Å²) in [6.45, 7) is 6.98. The number of nitrogens with zero attached hydrogens (tertiary/aromatic N) is 2. The van der Waals surface area contributed by atoms with Crippen LogP contribution in [-0.2, 0) is 9.53 Å². The van der Waals surface area contributed by atoms with Gasteiger partial charge in [-0.05, 0) is 31.4 Å². The average Bonchev–Trinajstić information content (AvgIpc) is 3.00. The van der Waals surface area contributed by atoms with Crippen LogP contribution in [0.15, 0.2) is 24.4 Å². The summed E-state index contributed by atoms with van der Waals surface area (Å²) in [5, 5.41) is 0. The molecule has 1 aromatic rings. The van der Waals surface area contributed by atoms with Crippen LogP contribution in [0.2, 0.25) is 0 Å². The van der Waals surface area contributed by atoms with Crippen molar-refractivity contribution in [3.05, 3.63) is 24.4 Å². The van der Waals surface area contributed by atoms with E-state index in [4.69, 9.17) is 4.74 Å². The van der Waals surface area contributed by atoms with E-state index in [9.17, 15) is 9.59 Å². The van der Waals surface area contributed by atoms with Crippen LogP contribution in [0.3, 0.4) is 0 Å². The third-order valence-corrected chi connectivity index (χ3v) is 4.49. The number of nitrogens with one attached hydrogen (secondary N) is 2. The molecule has 1 saturated heterocycles. The molecule has 1 amide bonds. The molecule has 1 atom stereocenters. The van der Waals surface area contributed by atoms with E-state index >= 15 is 0 Å². The number of hydrazine groups is 1. The molecule has 0 saturated carbocycles. The van der Waals surface area contributed by atoms with E-state index in [1.807, 2.05) is 31.7 Å². The Morgan fingerprint density at radius 3 is 2.88 bits per heavy atom. The fraction of sp³-hybridized carbons (Fsp3) is 0.588. The van der Waals surface area contributed by atoms with Crippen LogP contribution in [0.4, 0.5) is 10.6 Å². The molecule has 1 unspecified atom stereocenters. The first kappa shape index (κ1) is 18.2. The molecule has 24 heavy (non-hydrogen) atoms. The van der Waals surface area contributed by atoms with Crippen LogP contribution >= 0.6 is 0 Å². The van der Waals surface area contributed by atoms with Crippen LogP contribution in [0.25, 0.3) is 0 Å². The van der Waals surface area contributed by atoms with Gasteiger partial charge in [-0.25, -0.2) is 15.2 Å². The van der Waals surface area contributed by atoms with E-state index in [1.165, 1.54) is 0 Å². The normalized spacial score (nSPS) is 18.2.